The number of nitrogens with zero attached hydrogens (tertiary/aromatic N) is 4. The van der Waals surface area contributed by atoms with E-state index in [9.17, 15) is 9.59 Å². The van der Waals surface area contributed by atoms with Crippen LogP contribution >= 0.6 is 0 Å². The SMILES string of the molecule is C=CCn1cnc2c1c(=O)n(CCCC)c(=O)n2-c1ccccc1. The van der Waals surface area contributed by atoms with Crippen molar-refractivity contribution in [2.45, 2.75) is 32.9 Å². The van der Waals surface area contributed by atoms with Crippen LogP contribution in [-0.4, -0.2) is 18.7 Å². The van der Waals surface area contributed by atoms with Crippen molar-refractivity contribution in [3.8, 4) is 5.69 Å². The molecule has 0 aliphatic heterocycles. The fourth-order valence-electron chi connectivity index (χ4n) is 2.78. The second-order valence-electron chi connectivity index (χ2n) is 5.62. The number of benzene rings is 1. The third kappa shape index (κ3) is 2.60. The molecule has 0 aliphatic carbocycles. The van der Waals surface area contributed by atoms with Gasteiger partial charge in [0.1, 0.15) is 0 Å². The Morgan fingerprint density at radius 1 is 1.21 bits per heavy atom. The van der Waals surface area contributed by atoms with Crippen LogP contribution in [0, 0.1) is 0 Å². The largest absolute Gasteiger partial charge is 0.337 e. The molecular formula is C18H20N4O2. The normalized spacial score (nSPS) is 11.0. The van der Waals surface area contributed by atoms with E-state index >= 15 is 0 Å². The zero-order chi connectivity index (χ0) is 17.1. The molecule has 0 aliphatic rings. The Labute approximate surface area is 139 Å². The molecule has 6 nitrogen and oxygen atoms in total. The molecule has 0 unspecified atom stereocenters. The Morgan fingerprint density at radius 2 is 1.96 bits per heavy atom. The summed E-state index contributed by atoms with van der Waals surface area (Å²) in [6.45, 7) is 6.61. The number of imidazole rings is 1. The highest BCUT2D eigenvalue weighted by atomic mass is 16.2. The number of hydrogen-bond donors (Lipinski definition) is 0. The minimum absolute atomic E-state index is 0.296. The van der Waals surface area contributed by atoms with Gasteiger partial charge in [-0.25, -0.2) is 14.3 Å². The topological polar surface area (TPSA) is 61.8 Å². The molecule has 1 aromatic carbocycles. The van der Waals surface area contributed by atoms with Gasteiger partial charge in [-0.15, -0.1) is 6.58 Å². The van der Waals surface area contributed by atoms with Gasteiger partial charge in [-0.2, -0.15) is 0 Å². The summed E-state index contributed by atoms with van der Waals surface area (Å²) in [6.07, 6.45) is 4.96. The number of fused-ring (bicyclic) bond motifs is 1. The minimum Gasteiger partial charge on any atom is -0.321 e. The predicted molar refractivity (Wildman–Crippen MR) is 94.7 cm³/mol. The summed E-state index contributed by atoms with van der Waals surface area (Å²) < 4.78 is 4.54. The highest BCUT2D eigenvalue weighted by molar-refractivity contribution is 5.72. The van der Waals surface area contributed by atoms with E-state index < -0.39 is 0 Å². The van der Waals surface area contributed by atoms with Crippen molar-refractivity contribution in [1.82, 2.24) is 18.7 Å². The molecule has 24 heavy (non-hydrogen) atoms. The van der Waals surface area contributed by atoms with E-state index in [1.165, 1.54) is 9.13 Å². The van der Waals surface area contributed by atoms with E-state index in [4.69, 9.17) is 0 Å². The van der Waals surface area contributed by atoms with Crippen LogP contribution in [0.25, 0.3) is 16.9 Å². The molecule has 124 valence electrons. The number of hydrogen-bond acceptors (Lipinski definition) is 3. The van der Waals surface area contributed by atoms with E-state index in [0.29, 0.717) is 29.9 Å². The van der Waals surface area contributed by atoms with E-state index in [0.717, 1.165) is 12.8 Å². The highest BCUT2D eigenvalue weighted by Gasteiger charge is 2.18. The highest BCUT2D eigenvalue weighted by Crippen LogP contribution is 2.13. The van der Waals surface area contributed by atoms with E-state index in [2.05, 4.69) is 11.6 Å². The summed E-state index contributed by atoms with van der Waals surface area (Å²) in [4.78, 5) is 30.1. The Balaban J connectivity index is 2.39. The zero-order valence-electron chi connectivity index (χ0n) is 13.7. The standard InChI is InChI=1S/C18H20N4O2/c1-3-5-12-21-17(23)15-16(19-13-20(15)11-4-2)22(18(21)24)14-9-7-6-8-10-14/h4,6-10,13H,2-3,5,11-12H2,1H3. The number of aromatic nitrogens is 4. The van der Waals surface area contributed by atoms with Crippen molar-refractivity contribution in [1.29, 1.82) is 0 Å². The molecule has 0 saturated heterocycles. The van der Waals surface area contributed by atoms with E-state index in [1.54, 1.807) is 17.0 Å². The Bertz CT molecular complexity index is 980. The molecule has 0 radical (unpaired) electrons. The molecular weight excluding hydrogens is 304 g/mol. The van der Waals surface area contributed by atoms with Crippen molar-refractivity contribution in [2.75, 3.05) is 0 Å². The molecule has 2 aromatic heterocycles. The maximum absolute atomic E-state index is 12.9. The second-order valence-corrected chi connectivity index (χ2v) is 5.62. The van der Waals surface area contributed by atoms with Crippen molar-refractivity contribution >= 4 is 11.2 Å². The van der Waals surface area contributed by atoms with Crippen LogP contribution in [-0.2, 0) is 13.1 Å². The minimum atomic E-state index is -0.351. The second kappa shape index (κ2) is 6.70. The molecule has 0 fully saturated rings. The fraction of sp³-hybridized carbons (Fsp3) is 0.278. The smallest absolute Gasteiger partial charge is 0.321 e. The lowest BCUT2D eigenvalue weighted by molar-refractivity contribution is 0.575. The van der Waals surface area contributed by atoms with Gasteiger partial charge in [-0.3, -0.25) is 9.36 Å². The molecule has 2 heterocycles. The maximum atomic E-state index is 12.9. The van der Waals surface area contributed by atoms with Crippen LogP contribution in [0.1, 0.15) is 19.8 Å². The van der Waals surface area contributed by atoms with Gasteiger partial charge < -0.3 is 4.57 Å². The van der Waals surface area contributed by atoms with Crippen LogP contribution in [0.15, 0.2) is 58.9 Å². The number of unbranched alkanes of at least 4 members (excludes halogenated alkanes) is 1. The van der Waals surface area contributed by atoms with Gasteiger partial charge in [0.25, 0.3) is 5.56 Å². The van der Waals surface area contributed by atoms with Gasteiger partial charge in [0.05, 0.1) is 12.0 Å². The first-order chi connectivity index (χ1) is 11.7. The van der Waals surface area contributed by atoms with Crippen LogP contribution in [0.2, 0.25) is 0 Å². The summed E-state index contributed by atoms with van der Waals surface area (Å²) in [7, 11) is 0. The van der Waals surface area contributed by atoms with Gasteiger partial charge in [-0.05, 0) is 18.6 Å². The van der Waals surface area contributed by atoms with Crippen LogP contribution < -0.4 is 11.2 Å². The lowest BCUT2D eigenvalue weighted by atomic mass is 10.3. The molecule has 0 N–H and O–H groups in total. The lowest BCUT2D eigenvalue weighted by Gasteiger charge is -2.12. The van der Waals surface area contributed by atoms with Crippen LogP contribution in [0.5, 0.6) is 0 Å². The monoisotopic (exact) mass is 324 g/mol. The number of rotatable bonds is 6. The van der Waals surface area contributed by atoms with Crippen LogP contribution in [0.3, 0.4) is 0 Å². The fourth-order valence-corrected chi connectivity index (χ4v) is 2.78. The van der Waals surface area contributed by atoms with Gasteiger partial charge in [0.2, 0.25) is 0 Å². The van der Waals surface area contributed by atoms with Gasteiger partial charge in [0, 0.05) is 13.1 Å². The van der Waals surface area contributed by atoms with E-state index in [-0.39, 0.29) is 11.2 Å². The molecule has 6 heteroatoms. The molecule has 0 spiro atoms. The van der Waals surface area contributed by atoms with Gasteiger partial charge >= 0.3 is 5.69 Å². The third-order valence-corrected chi connectivity index (χ3v) is 3.98. The Hall–Kier alpha value is -2.89. The molecule has 0 amide bonds. The average Bonchev–Trinajstić information content (AvgIpc) is 3.00. The third-order valence-electron chi connectivity index (χ3n) is 3.98. The zero-order valence-corrected chi connectivity index (χ0v) is 13.7. The van der Waals surface area contributed by atoms with Crippen molar-refractivity contribution < 1.29 is 0 Å². The predicted octanol–water partition coefficient (Wildman–Crippen LogP) is 2.33. The van der Waals surface area contributed by atoms with Crippen LogP contribution in [0.4, 0.5) is 0 Å². The molecule has 0 atom stereocenters. The molecule has 3 rings (SSSR count). The van der Waals surface area contributed by atoms with Crippen molar-refractivity contribution in [3.63, 3.8) is 0 Å². The number of para-hydroxylation sites is 1. The first kappa shape index (κ1) is 16.0. The first-order valence-electron chi connectivity index (χ1n) is 8.06. The molecule has 3 aromatic rings. The number of allylic oxidation sites excluding steroid dienone is 1. The van der Waals surface area contributed by atoms with Gasteiger partial charge in [-0.1, -0.05) is 37.6 Å². The summed E-state index contributed by atoms with van der Waals surface area (Å²) in [5, 5.41) is 0. The molecule has 0 saturated carbocycles. The van der Waals surface area contributed by atoms with Gasteiger partial charge in [0.15, 0.2) is 11.2 Å². The quantitative estimate of drug-likeness (QED) is 0.654. The van der Waals surface area contributed by atoms with Crippen molar-refractivity contribution in [2.24, 2.45) is 0 Å². The van der Waals surface area contributed by atoms with Crippen molar-refractivity contribution in [3.05, 3.63) is 70.2 Å². The molecule has 0 bridgehead atoms. The Kier molecular flexibility index (Phi) is 4.46. The summed E-state index contributed by atoms with van der Waals surface area (Å²) in [6, 6.07) is 9.27. The lowest BCUT2D eigenvalue weighted by Crippen LogP contribution is -2.40. The summed E-state index contributed by atoms with van der Waals surface area (Å²) in [5.41, 5.74) is 0.854. The van der Waals surface area contributed by atoms with E-state index in [1.807, 2.05) is 37.3 Å². The summed E-state index contributed by atoms with van der Waals surface area (Å²) >= 11 is 0. The first-order valence-corrected chi connectivity index (χ1v) is 8.06. The summed E-state index contributed by atoms with van der Waals surface area (Å²) in [5.74, 6) is 0. The Morgan fingerprint density at radius 3 is 2.62 bits per heavy atom. The average molecular weight is 324 g/mol. The maximum Gasteiger partial charge on any atom is 0.337 e.